The number of aliphatic hydroxyl groups excluding tert-OH is 2. The van der Waals surface area contributed by atoms with E-state index in [0.717, 1.165) is 41.6 Å². The molecule has 0 bridgehead atoms. The van der Waals surface area contributed by atoms with Crippen molar-refractivity contribution in [2.45, 2.75) is 20.5 Å². The minimum atomic E-state index is 0. The molecule has 2 N–H and O–H groups in total. The molecule has 0 aromatic heterocycles. The molecule has 0 saturated carbocycles. The van der Waals surface area contributed by atoms with Gasteiger partial charge >= 0.3 is 29.6 Å². The number of hydrogen-bond acceptors (Lipinski definition) is 5. The largest absolute Gasteiger partial charge is 1.00 e. The quantitative estimate of drug-likeness (QED) is 0.570. The number of ether oxygens (including phenoxy) is 2. The Hall–Kier alpha value is -1.31. The number of carbonyl (C=O) groups excluding carboxylic acids is 1. The van der Waals surface area contributed by atoms with E-state index in [4.69, 9.17) is 19.7 Å². The molecule has 0 saturated heterocycles. The van der Waals surface area contributed by atoms with Crippen LogP contribution < -0.4 is 39.0 Å². The zero-order valence-electron chi connectivity index (χ0n) is 17.4. The Bertz CT molecular complexity index is 641. The molecule has 2 rings (SSSR count). The van der Waals surface area contributed by atoms with Gasteiger partial charge < -0.3 is 21.1 Å². The minimum Gasteiger partial charge on any atom is -1.00 e. The van der Waals surface area contributed by atoms with Crippen LogP contribution in [0.3, 0.4) is 0 Å². The molecule has 7 heteroatoms. The Morgan fingerprint density at radius 1 is 0.962 bits per heavy atom. The number of rotatable bonds is 4. The van der Waals surface area contributed by atoms with Crippen molar-refractivity contribution in [2.75, 3.05) is 21.3 Å². The molecule has 0 amide bonds. The third-order valence-corrected chi connectivity index (χ3v) is 3.34. The van der Waals surface area contributed by atoms with E-state index in [1.807, 2.05) is 44.2 Å². The normalized spacial score (nSPS) is 8.27. The van der Waals surface area contributed by atoms with Crippen molar-refractivity contribution < 1.29 is 55.5 Å². The summed E-state index contributed by atoms with van der Waals surface area (Å²) in [7, 11) is 4.20. The van der Waals surface area contributed by atoms with E-state index in [2.05, 4.69) is 0 Å². The van der Waals surface area contributed by atoms with Crippen molar-refractivity contribution in [3.8, 4) is 11.5 Å². The van der Waals surface area contributed by atoms with Gasteiger partial charge in [0.1, 0.15) is 17.8 Å². The summed E-state index contributed by atoms with van der Waals surface area (Å²) in [5.41, 5.74) is 3.67. The van der Waals surface area contributed by atoms with Crippen molar-refractivity contribution in [1.82, 2.24) is 0 Å². The summed E-state index contributed by atoms with van der Waals surface area (Å²) in [4.78, 5) is 10.4. The van der Waals surface area contributed by atoms with Gasteiger partial charge in [-0.05, 0) is 54.8 Å². The molecule has 0 aliphatic rings. The first-order valence-corrected chi connectivity index (χ1v) is 7.34. The Kier molecular flexibility index (Phi) is 19.4. The van der Waals surface area contributed by atoms with Gasteiger partial charge in [-0.2, -0.15) is 0 Å². The summed E-state index contributed by atoms with van der Waals surface area (Å²) in [6, 6.07) is 11.1. The molecule has 0 aliphatic heterocycles. The molecule has 2 aromatic carbocycles. The molecule has 3 radical (unpaired) electrons. The van der Waals surface area contributed by atoms with E-state index in [-0.39, 0.29) is 46.0 Å². The molecule has 0 aliphatic carbocycles. The molecule has 26 heavy (non-hydrogen) atoms. The van der Waals surface area contributed by atoms with Gasteiger partial charge in [0.25, 0.3) is 0 Å². The molecule has 0 fully saturated rings. The maximum atomic E-state index is 10.4. The average Bonchev–Trinajstić information content (AvgIpc) is 2.64. The first-order chi connectivity index (χ1) is 11.5. The Morgan fingerprint density at radius 3 is 1.85 bits per heavy atom. The van der Waals surface area contributed by atoms with Gasteiger partial charge in [0.05, 0.1) is 20.8 Å². The number of methoxy groups -OCH3 is 2. The zero-order valence-corrected chi connectivity index (χ0v) is 18.4. The molecular formula is C19H27BNaO5. The zero-order chi connectivity index (χ0) is 18.5. The second-order valence-corrected chi connectivity index (χ2v) is 4.79. The van der Waals surface area contributed by atoms with Gasteiger partial charge in [-0.1, -0.05) is 12.1 Å². The summed E-state index contributed by atoms with van der Waals surface area (Å²) < 4.78 is 9.95. The summed E-state index contributed by atoms with van der Waals surface area (Å²) in [6.45, 7) is 3.93. The summed E-state index contributed by atoms with van der Waals surface area (Å²) in [5.74, 6) is 1.51. The van der Waals surface area contributed by atoms with Crippen LogP contribution in [-0.4, -0.2) is 46.2 Å². The molecule has 0 unspecified atom stereocenters. The van der Waals surface area contributed by atoms with E-state index in [1.165, 1.54) is 0 Å². The van der Waals surface area contributed by atoms with Gasteiger partial charge in [0.2, 0.25) is 0 Å². The minimum absolute atomic E-state index is 0. The molecule has 0 heterocycles. The first-order valence-electron chi connectivity index (χ1n) is 7.34. The Morgan fingerprint density at radius 2 is 1.42 bits per heavy atom. The van der Waals surface area contributed by atoms with Crippen molar-refractivity contribution in [2.24, 2.45) is 0 Å². The molecular weight excluding hydrogens is 342 g/mol. The summed E-state index contributed by atoms with van der Waals surface area (Å²) in [5, 5.41) is 15.9. The fraction of sp³-hybridized carbons (Fsp3) is 0.316. The topological polar surface area (TPSA) is 76.0 Å². The van der Waals surface area contributed by atoms with Crippen molar-refractivity contribution in [3.05, 3.63) is 58.7 Å². The van der Waals surface area contributed by atoms with Gasteiger partial charge in [0.15, 0.2) is 0 Å². The fourth-order valence-electron chi connectivity index (χ4n) is 1.82. The number of aliphatic hydroxyl groups is 2. The van der Waals surface area contributed by atoms with E-state index in [1.54, 1.807) is 20.3 Å². The third kappa shape index (κ3) is 9.99. The molecule has 0 spiro atoms. The average molecular weight is 369 g/mol. The van der Waals surface area contributed by atoms with Crippen LogP contribution in [0.1, 0.15) is 28.5 Å². The van der Waals surface area contributed by atoms with Crippen molar-refractivity contribution >= 4 is 14.7 Å². The van der Waals surface area contributed by atoms with Crippen LogP contribution in [-0.2, 0) is 6.61 Å². The van der Waals surface area contributed by atoms with Gasteiger partial charge in [-0.3, -0.25) is 4.79 Å². The molecule has 137 valence electrons. The van der Waals surface area contributed by atoms with E-state index in [0.29, 0.717) is 5.56 Å². The summed E-state index contributed by atoms with van der Waals surface area (Å²) >= 11 is 0. The van der Waals surface area contributed by atoms with Crippen LogP contribution in [0.5, 0.6) is 11.5 Å². The Balaban J connectivity index is -0.000000163. The predicted molar refractivity (Wildman–Crippen MR) is 102 cm³/mol. The van der Waals surface area contributed by atoms with Gasteiger partial charge in [0, 0.05) is 21.1 Å². The maximum Gasteiger partial charge on any atom is 1.00 e. The second kappa shape index (κ2) is 17.1. The van der Waals surface area contributed by atoms with Crippen LogP contribution in [0.4, 0.5) is 0 Å². The van der Waals surface area contributed by atoms with Crippen LogP contribution in [0.2, 0.25) is 0 Å². The number of benzene rings is 2. The predicted octanol–water partition coefficient (Wildman–Crippen LogP) is -0.344. The number of aryl methyl sites for hydroxylation is 2. The third-order valence-electron chi connectivity index (χ3n) is 3.34. The SMILES string of the molecule is CO.COc1ccc(C)c(C=O)c1.COc1ccc(C)c(CO)c1.[B].[H-].[Na+]. The standard InChI is InChI=1S/C9H12O2.C9H10O2.CH4O.B.Na.H/c2*1-7-3-4-9(11-2)5-8(7)6-10;1-2;;;/h3-5,10H,6H2,1-2H3;3-6H,1-2H3;2H,1H3;;;/q;;;;+1;-1. The van der Waals surface area contributed by atoms with Crippen molar-refractivity contribution in [3.63, 3.8) is 0 Å². The number of aldehydes is 1. The van der Waals surface area contributed by atoms with Gasteiger partial charge in [-0.25, -0.2) is 0 Å². The smallest absolute Gasteiger partial charge is 1.00 e. The van der Waals surface area contributed by atoms with E-state index >= 15 is 0 Å². The van der Waals surface area contributed by atoms with Crippen LogP contribution in [0.25, 0.3) is 0 Å². The monoisotopic (exact) mass is 369 g/mol. The van der Waals surface area contributed by atoms with Crippen LogP contribution >= 0.6 is 0 Å². The molecule has 5 nitrogen and oxygen atoms in total. The van der Waals surface area contributed by atoms with E-state index < -0.39 is 0 Å². The van der Waals surface area contributed by atoms with Gasteiger partial charge in [-0.15, -0.1) is 0 Å². The van der Waals surface area contributed by atoms with Crippen molar-refractivity contribution in [1.29, 1.82) is 0 Å². The Labute approximate surface area is 181 Å². The first kappa shape index (κ1) is 29.5. The summed E-state index contributed by atoms with van der Waals surface area (Å²) in [6.07, 6.45) is 0.831. The van der Waals surface area contributed by atoms with Crippen LogP contribution in [0, 0.1) is 13.8 Å². The number of carbonyl (C=O) groups is 1. The van der Waals surface area contributed by atoms with Crippen LogP contribution in [0.15, 0.2) is 36.4 Å². The van der Waals surface area contributed by atoms with E-state index in [9.17, 15) is 4.79 Å². The number of hydrogen-bond donors (Lipinski definition) is 2. The molecule has 0 atom stereocenters. The second-order valence-electron chi connectivity index (χ2n) is 4.79. The fourth-order valence-corrected chi connectivity index (χ4v) is 1.82. The molecule has 2 aromatic rings. The maximum absolute atomic E-state index is 10.4.